The van der Waals surface area contributed by atoms with E-state index < -0.39 is 11.8 Å². The average molecular weight is 474 g/mol. The minimum Gasteiger partial charge on any atom is -0.355 e. The monoisotopic (exact) mass is 472 g/mol. The topological polar surface area (TPSA) is 113 Å². The number of anilines is 1. The van der Waals surface area contributed by atoms with E-state index in [0.29, 0.717) is 26.7 Å². The summed E-state index contributed by atoms with van der Waals surface area (Å²) in [5, 5.41) is 19.1. The number of aryl methyl sites for hydroxylation is 1. The molecule has 3 aromatic rings. The predicted molar refractivity (Wildman–Crippen MR) is 111 cm³/mol. The lowest BCUT2D eigenvalue weighted by atomic mass is 10.0. The molecule has 0 atom stereocenters. The fourth-order valence-corrected chi connectivity index (χ4v) is 3.23. The lowest BCUT2D eigenvalue weighted by Gasteiger charge is -2.13. The van der Waals surface area contributed by atoms with E-state index in [0.717, 1.165) is 0 Å². The van der Waals surface area contributed by atoms with Gasteiger partial charge in [0, 0.05) is 25.0 Å². The van der Waals surface area contributed by atoms with Crippen molar-refractivity contribution < 1.29 is 9.59 Å². The summed E-state index contributed by atoms with van der Waals surface area (Å²) >= 11 is 9.45. The van der Waals surface area contributed by atoms with Crippen molar-refractivity contribution in [3.8, 4) is 11.9 Å². The van der Waals surface area contributed by atoms with Crippen LogP contribution in [0.1, 0.15) is 32.0 Å². The van der Waals surface area contributed by atoms with E-state index in [2.05, 4.69) is 36.6 Å². The zero-order valence-corrected chi connectivity index (χ0v) is 17.7. The Morgan fingerprint density at radius 2 is 2.03 bits per heavy atom. The summed E-state index contributed by atoms with van der Waals surface area (Å²) in [5.41, 5.74) is 1.58. The minimum atomic E-state index is -0.486. The predicted octanol–water partition coefficient (Wildman–Crippen LogP) is 3.48. The summed E-state index contributed by atoms with van der Waals surface area (Å²) in [6.45, 7) is 1.73. The van der Waals surface area contributed by atoms with Crippen molar-refractivity contribution >= 4 is 45.0 Å². The molecule has 0 saturated heterocycles. The summed E-state index contributed by atoms with van der Waals surface area (Å²) in [5.74, 6) is -0.613. The molecule has 2 N–H and O–H groups in total. The molecule has 0 bridgehead atoms. The van der Waals surface area contributed by atoms with Gasteiger partial charge in [0.2, 0.25) is 0 Å². The molecule has 0 saturated carbocycles. The number of benzene rings is 1. The van der Waals surface area contributed by atoms with E-state index in [4.69, 9.17) is 11.6 Å². The number of nitrogens with one attached hydrogen (secondary N) is 2. The Hall–Kier alpha value is -3.22. The first kappa shape index (κ1) is 20.5. The standard InChI is InChI=1S/C19H14BrClN6O2/c1-10-6-11(9-22)12(18(28)23-2)7-14(10)25-19(29)15-8-16(20)26-27(15)17-13(21)4-3-5-24-17/h3-8H,1-2H3,(H,23,28)(H,25,29). The smallest absolute Gasteiger partial charge is 0.274 e. The first-order valence-electron chi connectivity index (χ1n) is 8.30. The van der Waals surface area contributed by atoms with E-state index in [9.17, 15) is 14.9 Å². The molecule has 0 spiro atoms. The highest BCUT2D eigenvalue weighted by Gasteiger charge is 2.20. The molecule has 0 aliphatic heterocycles. The fourth-order valence-electron chi connectivity index (χ4n) is 2.65. The van der Waals surface area contributed by atoms with Gasteiger partial charge in [0.15, 0.2) is 5.82 Å². The Bertz CT molecular complexity index is 1170. The van der Waals surface area contributed by atoms with Gasteiger partial charge in [-0.15, -0.1) is 0 Å². The first-order chi connectivity index (χ1) is 13.8. The van der Waals surface area contributed by atoms with Gasteiger partial charge in [-0.05, 0) is 52.7 Å². The zero-order chi connectivity index (χ0) is 21.1. The second-order valence-corrected chi connectivity index (χ2v) is 7.15. The van der Waals surface area contributed by atoms with Crippen molar-refractivity contribution in [3.05, 3.63) is 68.5 Å². The van der Waals surface area contributed by atoms with Crippen molar-refractivity contribution in [3.63, 3.8) is 0 Å². The molecule has 29 heavy (non-hydrogen) atoms. The van der Waals surface area contributed by atoms with Crippen LogP contribution in [-0.4, -0.2) is 33.6 Å². The maximum absolute atomic E-state index is 13.0. The molecule has 146 valence electrons. The molecular formula is C19H14BrClN6O2. The Balaban J connectivity index is 2.02. The summed E-state index contributed by atoms with van der Waals surface area (Å²) in [7, 11) is 1.47. The number of amides is 2. The Morgan fingerprint density at radius 3 is 2.69 bits per heavy atom. The molecule has 2 amide bonds. The lowest BCUT2D eigenvalue weighted by molar-refractivity contribution is 0.0961. The number of carbonyl (C=O) groups excluding carboxylic acids is 2. The number of nitriles is 1. The van der Waals surface area contributed by atoms with E-state index in [1.165, 1.54) is 23.9 Å². The number of aromatic nitrogens is 3. The van der Waals surface area contributed by atoms with Gasteiger partial charge in [0.25, 0.3) is 11.8 Å². The minimum absolute atomic E-state index is 0.165. The largest absolute Gasteiger partial charge is 0.355 e. The molecule has 0 radical (unpaired) electrons. The molecule has 1 aromatic carbocycles. The fraction of sp³-hybridized carbons (Fsp3) is 0.105. The van der Waals surface area contributed by atoms with Crippen molar-refractivity contribution in [2.24, 2.45) is 0 Å². The van der Waals surface area contributed by atoms with Crippen LogP contribution in [0.3, 0.4) is 0 Å². The summed E-state index contributed by atoms with van der Waals surface area (Å²) in [6, 6.07) is 9.84. The number of hydrogen-bond acceptors (Lipinski definition) is 5. The third-order valence-electron chi connectivity index (χ3n) is 4.06. The Labute approximate surface area is 179 Å². The zero-order valence-electron chi connectivity index (χ0n) is 15.3. The molecule has 10 heteroatoms. The Kier molecular flexibility index (Phi) is 5.96. The maximum Gasteiger partial charge on any atom is 0.274 e. The van der Waals surface area contributed by atoms with Gasteiger partial charge in [-0.2, -0.15) is 10.4 Å². The van der Waals surface area contributed by atoms with Gasteiger partial charge in [0.05, 0.1) is 22.2 Å². The van der Waals surface area contributed by atoms with Crippen molar-refractivity contribution in [2.45, 2.75) is 6.92 Å². The molecule has 0 unspecified atom stereocenters. The van der Waals surface area contributed by atoms with Gasteiger partial charge in [-0.3, -0.25) is 9.59 Å². The number of halogens is 2. The SMILES string of the molecule is CNC(=O)c1cc(NC(=O)c2cc(Br)nn2-c2ncccc2Cl)c(C)cc1C#N. The molecule has 0 fully saturated rings. The van der Waals surface area contributed by atoms with Crippen LogP contribution in [0.15, 0.2) is 41.1 Å². The van der Waals surface area contributed by atoms with E-state index in [1.54, 1.807) is 31.3 Å². The van der Waals surface area contributed by atoms with Crippen LogP contribution in [0.4, 0.5) is 5.69 Å². The highest BCUT2D eigenvalue weighted by Crippen LogP contribution is 2.24. The van der Waals surface area contributed by atoms with Crippen LogP contribution in [0.2, 0.25) is 5.02 Å². The van der Waals surface area contributed by atoms with E-state index >= 15 is 0 Å². The van der Waals surface area contributed by atoms with Gasteiger partial charge < -0.3 is 10.6 Å². The number of carbonyl (C=O) groups is 2. The van der Waals surface area contributed by atoms with Crippen LogP contribution >= 0.6 is 27.5 Å². The van der Waals surface area contributed by atoms with Crippen LogP contribution in [0, 0.1) is 18.3 Å². The first-order valence-corrected chi connectivity index (χ1v) is 9.47. The highest BCUT2D eigenvalue weighted by atomic mass is 79.9. The molecule has 0 aliphatic rings. The van der Waals surface area contributed by atoms with Crippen LogP contribution < -0.4 is 10.6 Å². The van der Waals surface area contributed by atoms with E-state index in [1.807, 2.05) is 6.07 Å². The average Bonchev–Trinajstić information content (AvgIpc) is 3.10. The number of rotatable bonds is 4. The normalized spacial score (nSPS) is 10.3. The van der Waals surface area contributed by atoms with Crippen molar-refractivity contribution in [1.82, 2.24) is 20.1 Å². The molecule has 2 heterocycles. The van der Waals surface area contributed by atoms with Gasteiger partial charge in [-0.25, -0.2) is 9.67 Å². The molecule has 8 nitrogen and oxygen atoms in total. The summed E-state index contributed by atoms with van der Waals surface area (Å²) in [4.78, 5) is 29.2. The second-order valence-electron chi connectivity index (χ2n) is 5.93. The molecular weight excluding hydrogens is 460 g/mol. The Morgan fingerprint density at radius 1 is 1.28 bits per heavy atom. The third kappa shape index (κ3) is 4.13. The van der Waals surface area contributed by atoms with Crippen molar-refractivity contribution in [1.29, 1.82) is 5.26 Å². The number of hydrogen-bond donors (Lipinski definition) is 2. The third-order valence-corrected chi connectivity index (χ3v) is 4.74. The van der Waals surface area contributed by atoms with Crippen LogP contribution in [0.5, 0.6) is 0 Å². The number of nitrogens with zero attached hydrogens (tertiary/aromatic N) is 4. The summed E-state index contributed by atoms with van der Waals surface area (Å²) in [6.07, 6.45) is 1.54. The van der Waals surface area contributed by atoms with Gasteiger partial charge >= 0.3 is 0 Å². The quantitative estimate of drug-likeness (QED) is 0.602. The van der Waals surface area contributed by atoms with Gasteiger partial charge in [-0.1, -0.05) is 11.6 Å². The van der Waals surface area contributed by atoms with E-state index in [-0.39, 0.29) is 16.8 Å². The number of pyridine rings is 1. The van der Waals surface area contributed by atoms with Crippen molar-refractivity contribution in [2.75, 3.05) is 12.4 Å². The molecule has 0 aliphatic carbocycles. The summed E-state index contributed by atoms with van der Waals surface area (Å²) < 4.78 is 1.74. The second kappa shape index (κ2) is 8.43. The maximum atomic E-state index is 13.0. The van der Waals surface area contributed by atoms with Gasteiger partial charge in [0.1, 0.15) is 10.3 Å². The van der Waals surface area contributed by atoms with Crippen LogP contribution in [-0.2, 0) is 0 Å². The highest BCUT2D eigenvalue weighted by molar-refractivity contribution is 9.10. The lowest BCUT2D eigenvalue weighted by Crippen LogP contribution is -2.21. The van der Waals surface area contributed by atoms with Crippen LogP contribution in [0.25, 0.3) is 5.82 Å². The molecule has 2 aromatic heterocycles. The molecule has 3 rings (SSSR count).